The van der Waals surface area contributed by atoms with Crippen molar-refractivity contribution in [3.05, 3.63) is 18.2 Å². The predicted octanol–water partition coefficient (Wildman–Crippen LogP) is 1.24. The van der Waals surface area contributed by atoms with Gasteiger partial charge in [-0.15, -0.1) is 0 Å². The standard InChI is InChI=1S/C13H22N4O/c1-3-4-5-11-13(18)16(2)8-9-17(11)10-12-14-6-7-15-12/h6-7,11H,3-5,8-10H2,1-2H3,(H,14,15)/t11-/m0/s1. The molecular formula is C13H22N4O. The van der Waals surface area contributed by atoms with Crippen molar-refractivity contribution in [2.45, 2.75) is 38.8 Å². The van der Waals surface area contributed by atoms with Crippen LogP contribution >= 0.6 is 0 Å². The topological polar surface area (TPSA) is 52.2 Å². The maximum Gasteiger partial charge on any atom is 0.239 e. The predicted molar refractivity (Wildman–Crippen MR) is 69.9 cm³/mol. The normalized spacial score (nSPS) is 21.6. The molecule has 0 aromatic carbocycles. The fourth-order valence-corrected chi connectivity index (χ4v) is 2.42. The van der Waals surface area contributed by atoms with Gasteiger partial charge in [-0.3, -0.25) is 9.69 Å². The van der Waals surface area contributed by atoms with Crippen LogP contribution in [-0.4, -0.2) is 51.9 Å². The van der Waals surface area contributed by atoms with Crippen molar-refractivity contribution in [2.75, 3.05) is 20.1 Å². The summed E-state index contributed by atoms with van der Waals surface area (Å²) in [5.41, 5.74) is 0. The number of aromatic amines is 1. The minimum Gasteiger partial charge on any atom is -0.348 e. The molecule has 1 aromatic rings. The molecule has 0 spiro atoms. The summed E-state index contributed by atoms with van der Waals surface area (Å²) < 4.78 is 0. The highest BCUT2D eigenvalue weighted by molar-refractivity contribution is 5.82. The van der Waals surface area contributed by atoms with E-state index in [2.05, 4.69) is 21.8 Å². The molecule has 0 unspecified atom stereocenters. The van der Waals surface area contributed by atoms with Crippen LogP contribution in [0.1, 0.15) is 32.0 Å². The van der Waals surface area contributed by atoms with Gasteiger partial charge in [0, 0.05) is 32.5 Å². The molecule has 1 amide bonds. The molecule has 18 heavy (non-hydrogen) atoms. The number of unbranched alkanes of at least 4 members (excludes halogenated alkanes) is 1. The number of H-pyrrole nitrogens is 1. The Morgan fingerprint density at radius 2 is 2.33 bits per heavy atom. The molecule has 0 aliphatic carbocycles. The van der Waals surface area contributed by atoms with E-state index in [1.54, 1.807) is 6.20 Å². The highest BCUT2D eigenvalue weighted by Crippen LogP contribution is 2.17. The molecule has 0 bridgehead atoms. The zero-order chi connectivity index (χ0) is 13.0. The average molecular weight is 250 g/mol. The Kier molecular flexibility index (Phi) is 4.36. The second kappa shape index (κ2) is 6.00. The molecule has 1 N–H and O–H groups in total. The number of rotatable bonds is 5. The summed E-state index contributed by atoms with van der Waals surface area (Å²) in [7, 11) is 1.89. The average Bonchev–Trinajstić information content (AvgIpc) is 2.86. The van der Waals surface area contributed by atoms with Crippen LogP contribution in [0.3, 0.4) is 0 Å². The van der Waals surface area contributed by atoms with E-state index in [1.165, 1.54) is 0 Å². The van der Waals surface area contributed by atoms with Gasteiger partial charge in [0.05, 0.1) is 12.6 Å². The molecule has 5 nitrogen and oxygen atoms in total. The summed E-state index contributed by atoms with van der Waals surface area (Å²) in [5.74, 6) is 1.19. The summed E-state index contributed by atoms with van der Waals surface area (Å²) in [6, 6.07) is 0.0220. The Balaban J connectivity index is 2.03. The van der Waals surface area contributed by atoms with Gasteiger partial charge in [-0.1, -0.05) is 19.8 Å². The Bertz CT molecular complexity index is 376. The number of aromatic nitrogens is 2. The van der Waals surface area contributed by atoms with Gasteiger partial charge in [0.1, 0.15) is 5.82 Å². The fourth-order valence-electron chi connectivity index (χ4n) is 2.42. The third-order valence-electron chi connectivity index (χ3n) is 3.56. The van der Waals surface area contributed by atoms with E-state index in [0.29, 0.717) is 0 Å². The molecule has 0 radical (unpaired) electrons. The molecule has 5 heteroatoms. The van der Waals surface area contributed by atoms with Gasteiger partial charge in [0.2, 0.25) is 5.91 Å². The van der Waals surface area contributed by atoms with Crippen molar-refractivity contribution in [3.8, 4) is 0 Å². The van der Waals surface area contributed by atoms with E-state index in [-0.39, 0.29) is 11.9 Å². The lowest BCUT2D eigenvalue weighted by molar-refractivity contribution is -0.140. The molecule has 1 aliphatic rings. The number of imidazole rings is 1. The fraction of sp³-hybridized carbons (Fsp3) is 0.692. The number of hydrogen-bond acceptors (Lipinski definition) is 3. The van der Waals surface area contributed by atoms with Gasteiger partial charge in [0.15, 0.2) is 0 Å². The molecule has 1 atom stereocenters. The number of nitrogens with zero attached hydrogens (tertiary/aromatic N) is 3. The monoisotopic (exact) mass is 250 g/mol. The Labute approximate surface area is 108 Å². The van der Waals surface area contributed by atoms with Gasteiger partial charge in [-0.05, 0) is 6.42 Å². The quantitative estimate of drug-likeness (QED) is 0.855. The number of carbonyl (C=O) groups excluding carboxylic acids is 1. The summed E-state index contributed by atoms with van der Waals surface area (Å²) in [5, 5.41) is 0. The first kappa shape index (κ1) is 13.1. The zero-order valence-electron chi connectivity index (χ0n) is 11.2. The second-order valence-electron chi connectivity index (χ2n) is 4.92. The SMILES string of the molecule is CCCC[C@H]1C(=O)N(C)CCN1Cc1ncc[nH]1. The van der Waals surface area contributed by atoms with Crippen molar-refractivity contribution in [1.82, 2.24) is 19.8 Å². The van der Waals surface area contributed by atoms with Crippen molar-refractivity contribution in [2.24, 2.45) is 0 Å². The number of nitrogens with one attached hydrogen (secondary N) is 1. The molecular weight excluding hydrogens is 228 g/mol. The van der Waals surface area contributed by atoms with Crippen LogP contribution in [0, 0.1) is 0 Å². The van der Waals surface area contributed by atoms with Crippen LogP contribution in [0.2, 0.25) is 0 Å². The summed E-state index contributed by atoms with van der Waals surface area (Å²) in [6.07, 6.45) is 6.75. The minimum absolute atomic E-state index is 0.0220. The highest BCUT2D eigenvalue weighted by atomic mass is 16.2. The summed E-state index contributed by atoms with van der Waals surface area (Å²) in [4.78, 5) is 23.7. The van der Waals surface area contributed by atoms with Gasteiger partial charge < -0.3 is 9.88 Å². The number of hydrogen-bond donors (Lipinski definition) is 1. The third kappa shape index (κ3) is 2.90. The molecule has 1 fully saturated rings. The van der Waals surface area contributed by atoms with Crippen LogP contribution in [0.4, 0.5) is 0 Å². The molecule has 100 valence electrons. The first-order chi connectivity index (χ1) is 8.72. The van der Waals surface area contributed by atoms with Gasteiger partial charge in [-0.2, -0.15) is 0 Å². The van der Waals surface area contributed by atoms with Crippen LogP contribution in [0.5, 0.6) is 0 Å². The Hall–Kier alpha value is -1.36. The Morgan fingerprint density at radius 3 is 3.00 bits per heavy atom. The first-order valence-corrected chi connectivity index (χ1v) is 6.69. The van der Waals surface area contributed by atoms with Crippen LogP contribution in [0.15, 0.2) is 12.4 Å². The van der Waals surface area contributed by atoms with Crippen molar-refractivity contribution in [3.63, 3.8) is 0 Å². The zero-order valence-corrected chi connectivity index (χ0v) is 11.2. The number of likely N-dealkylation sites (N-methyl/N-ethyl adjacent to an activating group) is 1. The van der Waals surface area contributed by atoms with E-state index in [0.717, 1.165) is 44.7 Å². The van der Waals surface area contributed by atoms with E-state index < -0.39 is 0 Å². The van der Waals surface area contributed by atoms with Crippen LogP contribution in [-0.2, 0) is 11.3 Å². The second-order valence-corrected chi connectivity index (χ2v) is 4.92. The minimum atomic E-state index is 0.0220. The molecule has 1 aromatic heterocycles. The van der Waals surface area contributed by atoms with E-state index in [9.17, 15) is 4.79 Å². The summed E-state index contributed by atoms with van der Waals surface area (Å²) in [6.45, 7) is 4.63. The highest BCUT2D eigenvalue weighted by Gasteiger charge is 2.32. The number of piperazine rings is 1. The maximum atomic E-state index is 12.2. The van der Waals surface area contributed by atoms with E-state index >= 15 is 0 Å². The van der Waals surface area contributed by atoms with Crippen LogP contribution < -0.4 is 0 Å². The lowest BCUT2D eigenvalue weighted by atomic mass is 10.0. The van der Waals surface area contributed by atoms with Crippen molar-refractivity contribution >= 4 is 5.91 Å². The maximum absolute atomic E-state index is 12.2. The van der Waals surface area contributed by atoms with Gasteiger partial charge in [0.25, 0.3) is 0 Å². The van der Waals surface area contributed by atoms with Gasteiger partial charge >= 0.3 is 0 Å². The first-order valence-electron chi connectivity index (χ1n) is 6.69. The molecule has 1 aliphatic heterocycles. The van der Waals surface area contributed by atoms with Gasteiger partial charge in [-0.25, -0.2) is 4.98 Å². The number of amides is 1. The van der Waals surface area contributed by atoms with E-state index in [4.69, 9.17) is 0 Å². The lowest BCUT2D eigenvalue weighted by Crippen LogP contribution is -2.55. The molecule has 2 heterocycles. The van der Waals surface area contributed by atoms with Crippen LogP contribution in [0.25, 0.3) is 0 Å². The summed E-state index contributed by atoms with van der Waals surface area (Å²) >= 11 is 0. The molecule has 2 rings (SSSR count). The third-order valence-corrected chi connectivity index (χ3v) is 3.56. The van der Waals surface area contributed by atoms with E-state index in [1.807, 2.05) is 18.1 Å². The number of carbonyl (C=O) groups is 1. The largest absolute Gasteiger partial charge is 0.348 e. The van der Waals surface area contributed by atoms with Crippen molar-refractivity contribution < 1.29 is 4.79 Å². The van der Waals surface area contributed by atoms with Crippen molar-refractivity contribution in [1.29, 1.82) is 0 Å². The lowest BCUT2D eigenvalue weighted by Gasteiger charge is -2.38. The molecule has 0 saturated carbocycles. The Morgan fingerprint density at radius 1 is 1.50 bits per heavy atom. The smallest absolute Gasteiger partial charge is 0.239 e. The molecule has 1 saturated heterocycles.